The lowest BCUT2D eigenvalue weighted by atomic mass is 10.2. The lowest BCUT2D eigenvalue weighted by Gasteiger charge is -1.89. The van der Waals surface area contributed by atoms with E-state index < -0.39 is 0 Å². The van der Waals surface area contributed by atoms with Crippen molar-refractivity contribution in [3.63, 3.8) is 0 Å². The van der Waals surface area contributed by atoms with Crippen molar-refractivity contribution in [3.05, 3.63) is 36.0 Å². The van der Waals surface area contributed by atoms with Crippen LogP contribution >= 0.6 is 0 Å². The summed E-state index contributed by atoms with van der Waals surface area (Å²) in [6.07, 6.45) is 10.9. The van der Waals surface area contributed by atoms with Crippen molar-refractivity contribution in [2.24, 2.45) is 0 Å². The van der Waals surface area contributed by atoms with Gasteiger partial charge in [0, 0.05) is 6.42 Å². The van der Waals surface area contributed by atoms with E-state index in [4.69, 9.17) is 0 Å². The van der Waals surface area contributed by atoms with Crippen molar-refractivity contribution in [2.75, 3.05) is 0 Å². The topological polar surface area (TPSA) is 17.1 Å². The Labute approximate surface area is 67.1 Å². The number of hydrogen-bond acceptors (Lipinski definition) is 1. The highest BCUT2D eigenvalue weighted by Crippen LogP contribution is 2.04. The van der Waals surface area contributed by atoms with Gasteiger partial charge in [0.1, 0.15) is 0 Å². The summed E-state index contributed by atoms with van der Waals surface area (Å²) in [6, 6.07) is 0. The Morgan fingerprint density at radius 3 is 2.82 bits per heavy atom. The molecule has 0 radical (unpaired) electrons. The second-order valence-electron chi connectivity index (χ2n) is 2.72. The van der Waals surface area contributed by atoms with Crippen LogP contribution < -0.4 is 0 Å². The smallest absolute Gasteiger partial charge is 0.159 e. The van der Waals surface area contributed by atoms with Crippen LogP contribution in [0.4, 0.5) is 0 Å². The Kier molecular flexibility index (Phi) is 2.84. The molecule has 0 aromatic carbocycles. The van der Waals surface area contributed by atoms with Crippen LogP contribution in [0.2, 0.25) is 0 Å². The molecule has 58 valence electrons. The zero-order chi connectivity index (χ0) is 8.10. The molecular formula is C10H12O. The summed E-state index contributed by atoms with van der Waals surface area (Å²) < 4.78 is 0. The van der Waals surface area contributed by atoms with E-state index in [0.717, 1.165) is 6.42 Å². The average Bonchev–Trinajstić information content (AvgIpc) is 2.04. The van der Waals surface area contributed by atoms with E-state index in [-0.39, 0.29) is 5.78 Å². The van der Waals surface area contributed by atoms with Gasteiger partial charge in [-0.15, -0.1) is 0 Å². The number of carbonyl (C=O) groups excluding carboxylic acids is 1. The van der Waals surface area contributed by atoms with Crippen molar-refractivity contribution in [1.82, 2.24) is 0 Å². The zero-order valence-electron chi connectivity index (χ0n) is 6.71. The van der Waals surface area contributed by atoms with Gasteiger partial charge in [0.05, 0.1) is 0 Å². The summed E-state index contributed by atoms with van der Waals surface area (Å²) in [4.78, 5) is 10.9. The molecule has 1 heteroatoms. The van der Waals surface area contributed by atoms with Gasteiger partial charge in [-0.3, -0.25) is 4.79 Å². The van der Waals surface area contributed by atoms with Gasteiger partial charge in [0.25, 0.3) is 0 Å². The van der Waals surface area contributed by atoms with Crippen LogP contribution in [0.5, 0.6) is 0 Å². The highest BCUT2D eigenvalue weighted by molar-refractivity contribution is 5.91. The predicted molar refractivity (Wildman–Crippen MR) is 46.3 cm³/mol. The van der Waals surface area contributed by atoms with Crippen LogP contribution in [0.15, 0.2) is 36.0 Å². The average molecular weight is 148 g/mol. The van der Waals surface area contributed by atoms with E-state index in [1.807, 2.05) is 24.3 Å². The van der Waals surface area contributed by atoms with E-state index in [9.17, 15) is 4.79 Å². The number of allylic oxidation sites excluding steroid dienone is 6. The second-order valence-corrected chi connectivity index (χ2v) is 2.72. The molecule has 1 aliphatic rings. The van der Waals surface area contributed by atoms with E-state index >= 15 is 0 Å². The number of rotatable bonds is 0. The third-order valence-electron chi connectivity index (χ3n) is 1.59. The molecule has 0 aromatic rings. The van der Waals surface area contributed by atoms with Crippen LogP contribution in [0.3, 0.4) is 0 Å². The van der Waals surface area contributed by atoms with E-state index in [2.05, 4.69) is 6.92 Å². The monoisotopic (exact) mass is 148 g/mol. The highest BCUT2D eigenvalue weighted by Gasteiger charge is 1.93. The fraction of sp³-hybridized carbons (Fsp3) is 0.300. The first-order chi connectivity index (χ1) is 5.29. The van der Waals surface area contributed by atoms with E-state index in [1.165, 1.54) is 5.57 Å². The lowest BCUT2D eigenvalue weighted by molar-refractivity contribution is -0.113. The van der Waals surface area contributed by atoms with Crippen LogP contribution in [0, 0.1) is 0 Å². The minimum absolute atomic E-state index is 0.173. The van der Waals surface area contributed by atoms with Crippen molar-refractivity contribution in [2.45, 2.75) is 19.8 Å². The molecule has 0 saturated carbocycles. The largest absolute Gasteiger partial charge is 0.295 e. The molecule has 0 aromatic heterocycles. The summed E-state index contributed by atoms with van der Waals surface area (Å²) in [7, 11) is 0. The number of carbonyl (C=O) groups is 1. The lowest BCUT2D eigenvalue weighted by Crippen LogP contribution is -1.86. The summed E-state index contributed by atoms with van der Waals surface area (Å²) in [6.45, 7) is 2.06. The first-order valence-electron chi connectivity index (χ1n) is 3.81. The standard InChI is InChI=1S/C10H12O/c1-9-5-2-3-7-10(11)8-4-6-9/h2-4,6,8H,5,7H2,1H3/b3-2-,8-4-,9-6-. The summed E-state index contributed by atoms with van der Waals surface area (Å²) in [5, 5.41) is 0. The highest BCUT2D eigenvalue weighted by atomic mass is 16.1. The molecule has 0 heterocycles. The van der Waals surface area contributed by atoms with E-state index in [0.29, 0.717) is 6.42 Å². The molecule has 1 aliphatic carbocycles. The molecule has 0 amide bonds. The molecule has 0 saturated heterocycles. The Hall–Kier alpha value is -1.11. The maximum atomic E-state index is 10.9. The molecule has 0 spiro atoms. The second kappa shape index (κ2) is 3.91. The van der Waals surface area contributed by atoms with Gasteiger partial charge in [-0.1, -0.05) is 29.9 Å². The van der Waals surface area contributed by atoms with Crippen molar-refractivity contribution in [1.29, 1.82) is 0 Å². The number of hydrogen-bond donors (Lipinski definition) is 0. The Bertz CT molecular complexity index is 231. The molecule has 1 rings (SSSR count). The molecule has 0 atom stereocenters. The van der Waals surface area contributed by atoms with Crippen LogP contribution in [0.1, 0.15) is 19.8 Å². The fourth-order valence-corrected chi connectivity index (χ4v) is 0.924. The molecule has 0 fully saturated rings. The summed E-state index contributed by atoms with van der Waals surface area (Å²) in [5.41, 5.74) is 1.28. The van der Waals surface area contributed by atoms with Crippen LogP contribution in [-0.4, -0.2) is 5.78 Å². The Balaban J connectivity index is 2.73. The van der Waals surface area contributed by atoms with Gasteiger partial charge in [0.15, 0.2) is 5.78 Å². The zero-order valence-corrected chi connectivity index (χ0v) is 6.71. The Morgan fingerprint density at radius 1 is 1.27 bits per heavy atom. The van der Waals surface area contributed by atoms with Crippen molar-refractivity contribution >= 4 is 5.78 Å². The molecule has 0 N–H and O–H groups in total. The number of ketones is 1. The summed E-state index contributed by atoms with van der Waals surface area (Å²) >= 11 is 0. The summed E-state index contributed by atoms with van der Waals surface area (Å²) in [5.74, 6) is 0.173. The van der Waals surface area contributed by atoms with Gasteiger partial charge in [-0.05, 0) is 19.4 Å². The maximum Gasteiger partial charge on any atom is 0.159 e. The minimum Gasteiger partial charge on any atom is -0.295 e. The Morgan fingerprint density at radius 2 is 2.00 bits per heavy atom. The molecule has 0 aliphatic heterocycles. The first-order valence-corrected chi connectivity index (χ1v) is 3.81. The minimum atomic E-state index is 0.173. The van der Waals surface area contributed by atoms with Crippen molar-refractivity contribution in [3.8, 4) is 0 Å². The molecule has 0 bridgehead atoms. The van der Waals surface area contributed by atoms with Gasteiger partial charge >= 0.3 is 0 Å². The fourth-order valence-electron chi connectivity index (χ4n) is 0.924. The van der Waals surface area contributed by atoms with Crippen LogP contribution in [-0.2, 0) is 4.79 Å². The van der Waals surface area contributed by atoms with Gasteiger partial charge in [-0.2, -0.15) is 0 Å². The third kappa shape index (κ3) is 2.99. The van der Waals surface area contributed by atoms with E-state index in [1.54, 1.807) is 6.08 Å². The van der Waals surface area contributed by atoms with Crippen LogP contribution in [0.25, 0.3) is 0 Å². The predicted octanol–water partition coefficient (Wildman–Crippen LogP) is 2.41. The quantitative estimate of drug-likeness (QED) is 0.482. The SMILES string of the molecule is C/C1=C/C=C\C(=O)C/C=C\C1. The molecule has 0 unspecified atom stereocenters. The first kappa shape index (κ1) is 7.99. The van der Waals surface area contributed by atoms with Crippen molar-refractivity contribution < 1.29 is 4.79 Å². The van der Waals surface area contributed by atoms with Gasteiger partial charge in [0.2, 0.25) is 0 Å². The maximum absolute atomic E-state index is 10.9. The normalized spacial score (nSPS) is 29.2. The molecule has 11 heavy (non-hydrogen) atoms. The van der Waals surface area contributed by atoms with Gasteiger partial charge in [-0.25, -0.2) is 0 Å². The van der Waals surface area contributed by atoms with Gasteiger partial charge < -0.3 is 0 Å². The molecular weight excluding hydrogens is 136 g/mol. The third-order valence-corrected chi connectivity index (χ3v) is 1.59. The molecule has 1 nitrogen and oxygen atoms in total.